The van der Waals surface area contributed by atoms with Gasteiger partial charge in [-0.05, 0) is 38.2 Å². The smallest absolute Gasteiger partial charge is 0.222 e. The van der Waals surface area contributed by atoms with Crippen molar-refractivity contribution in [2.75, 3.05) is 18.4 Å². The molecular formula is C17H23N5OS. The van der Waals surface area contributed by atoms with Gasteiger partial charge in [-0.3, -0.25) is 4.90 Å². The minimum absolute atomic E-state index is 0.00755. The molecule has 0 radical (unpaired) electrons. The third kappa shape index (κ3) is 3.58. The highest BCUT2D eigenvalue weighted by atomic mass is 32.1. The summed E-state index contributed by atoms with van der Waals surface area (Å²) >= 11 is 1.86. The first kappa shape index (κ1) is 15.9. The first-order valence-corrected chi connectivity index (χ1v) is 9.51. The molecule has 1 aliphatic carbocycles. The molecule has 3 heterocycles. The molecule has 1 aliphatic heterocycles. The fourth-order valence-corrected chi connectivity index (χ4v) is 4.71. The first-order chi connectivity index (χ1) is 11.8. The summed E-state index contributed by atoms with van der Waals surface area (Å²) in [6.07, 6.45) is 8.78. The van der Waals surface area contributed by atoms with Gasteiger partial charge in [-0.15, -0.1) is 11.3 Å². The fraction of sp³-hybridized carbons (Fsp3) is 0.588. The third-order valence-corrected chi connectivity index (χ3v) is 5.94. The van der Waals surface area contributed by atoms with Gasteiger partial charge in [-0.25, -0.2) is 15.0 Å². The van der Waals surface area contributed by atoms with Gasteiger partial charge in [0.2, 0.25) is 5.95 Å². The van der Waals surface area contributed by atoms with Crippen molar-refractivity contribution in [3.05, 3.63) is 34.0 Å². The zero-order valence-corrected chi connectivity index (χ0v) is 14.5. The van der Waals surface area contributed by atoms with Crippen LogP contribution in [0.5, 0.6) is 0 Å². The minimum Gasteiger partial charge on any atom is -0.390 e. The van der Waals surface area contributed by atoms with E-state index in [1.165, 1.54) is 34.8 Å². The number of aliphatic hydroxyl groups is 1. The highest BCUT2D eigenvalue weighted by Crippen LogP contribution is 2.28. The van der Waals surface area contributed by atoms with Crippen molar-refractivity contribution in [1.82, 2.24) is 19.9 Å². The summed E-state index contributed by atoms with van der Waals surface area (Å²) in [6.45, 7) is 2.46. The van der Waals surface area contributed by atoms with E-state index < -0.39 is 6.10 Å². The van der Waals surface area contributed by atoms with Crippen molar-refractivity contribution in [2.24, 2.45) is 0 Å². The van der Waals surface area contributed by atoms with Crippen LogP contribution in [0.15, 0.2) is 18.5 Å². The molecule has 2 atom stereocenters. The molecule has 128 valence electrons. The van der Waals surface area contributed by atoms with E-state index in [1.54, 1.807) is 18.5 Å². The van der Waals surface area contributed by atoms with Gasteiger partial charge in [0.05, 0.1) is 24.4 Å². The first-order valence-electron chi connectivity index (χ1n) is 8.69. The minimum atomic E-state index is -0.419. The summed E-state index contributed by atoms with van der Waals surface area (Å²) < 4.78 is 0. The Balaban J connectivity index is 1.34. The van der Waals surface area contributed by atoms with E-state index in [0.717, 1.165) is 25.9 Å². The van der Waals surface area contributed by atoms with Crippen molar-refractivity contribution in [1.29, 1.82) is 0 Å². The molecule has 0 bridgehead atoms. The van der Waals surface area contributed by atoms with Crippen molar-refractivity contribution < 1.29 is 5.11 Å². The Morgan fingerprint density at radius 2 is 2.08 bits per heavy atom. The van der Waals surface area contributed by atoms with Gasteiger partial charge in [-0.2, -0.15) is 0 Å². The number of β-amino-alcohol motifs (C(OH)–C–C–N with tert-alkyl or cyclic N) is 1. The number of thiazole rings is 1. The van der Waals surface area contributed by atoms with E-state index in [-0.39, 0.29) is 6.04 Å². The molecule has 0 aromatic carbocycles. The molecule has 0 unspecified atom stereocenters. The Kier molecular flexibility index (Phi) is 4.73. The second kappa shape index (κ2) is 7.13. The summed E-state index contributed by atoms with van der Waals surface area (Å²) in [7, 11) is 0. The lowest BCUT2D eigenvalue weighted by molar-refractivity contribution is 0.0559. The maximum atomic E-state index is 10.5. The Morgan fingerprint density at radius 1 is 1.25 bits per heavy atom. The van der Waals surface area contributed by atoms with Crippen LogP contribution >= 0.6 is 11.3 Å². The second-order valence-corrected chi connectivity index (χ2v) is 7.77. The van der Waals surface area contributed by atoms with Crippen molar-refractivity contribution in [2.45, 2.75) is 50.8 Å². The van der Waals surface area contributed by atoms with E-state index in [2.05, 4.69) is 20.2 Å². The predicted molar refractivity (Wildman–Crippen MR) is 94.1 cm³/mol. The molecule has 6 nitrogen and oxygen atoms in total. The van der Waals surface area contributed by atoms with Gasteiger partial charge in [0.25, 0.3) is 0 Å². The molecular weight excluding hydrogens is 322 g/mol. The quantitative estimate of drug-likeness (QED) is 0.881. The summed E-state index contributed by atoms with van der Waals surface area (Å²) in [5.74, 6) is 0.586. The number of nitrogens with zero attached hydrogens (tertiary/aromatic N) is 4. The number of fused-ring (bicyclic) bond motifs is 1. The van der Waals surface area contributed by atoms with Crippen LogP contribution in [0.2, 0.25) is 0 Å². The topological polar surface area (TPSA) is 74.2 Å². The van der Waals surface area contributed by atoms with E-state index in [0.29, 0.717) is 12.5 Å². The molecule has 0 amide bonds. The van der Waals surface area contributed by atoms with Crippen molar-refractivity contribution in [3.63, 3.8) is 0 Å². The second-order valence-electron chi connectivity index (χ2n) is 6.60. The Bertz CT molecular complexity index is 653. The molecule has 0 saturated carbocycles. The number of anilines is 1. The maximum Gasteiger partial charge on any atom is 0.222 e. The molecule has 2 N–H and O–H groups in total. The summed E-state index contributed by atoms with van der Waals surface area (Å²) in [5, 5.41) is 14.9. The number of aryl methyl sites for hydroxylation is 2. The molecule has 2 aromatic rings. The van der Waals surface area contributed by atoms with Crippen LogP contribution in [0.3, 0.4) is 0 Å². The zero-order chi connectivity index (χ0) is 16.4. The van der Waals surface area contributed by atoms with Crippen LogP contribution in [0.1, 0.15) is 34.8 Å². The lowest BCUT2D eigenvalue weighted by Crippen LogP contribution is -2.49. The normalized spacial score (nSPS) is 24.5. The van der Waals surface area contributed by atoms with E-state index in [4.69, 9.17) is 4.98 Å². The molecule has 2 aliphatic rings. The van der Waals surface area contributed by atoms with Gasteiger partial charge >= 0.3 is 0 Å². The van der Waals surface area contributed by atoms with Crippen molar-refractivity contribution >= 4 is 17.3 Å². The molecule has 2 aromatic heterocycles. The van der Waals surface area contributed by atoms with E-state index in [9.17, 15) is 5.11 Å². The van der Waals surface area contributed by atoms with Crippen LogP contribution in [-0.4, -0.2) is 50.2 Å². The Morgan fingerprint density at radius 3 is 2.88 bits per heavy atom. The third-order valence-electron chi connectivity index (χ3n) is 4.80. The standard InChI is InChI=1S/C17H23N5OS/c23-14-10-22(9-6-12(14)21-17-18-7-3-8-19-17)11-16-20-13-4-1-2-5-15(13)24-16/h3,7-8,12,14,23H,1-2,4-6,9-11H2,(H,18,19,21)/t12-,14-/m1/s1. The van der Waals surface area contributed by atoms with Crippen LogP contribution in [0, 0.1) is 0 Å². The number of rotatable bonds is 4. The van der Waals surface area contributed by atoms with Crippen molar-refractivity contribution in [3.8, 4) is 0 Å². The average Bonchev–Trinajstić information content (AvgIpc) is 3.00. The number of aromatic nitrogens is 3. The number of nitrogens with one attached hydrogen (secondary N) is 1. The zero-order valence-electron chi connectivity index (χ0n) is 13.7. The SMILES string of the molecule is O[C@@H]1CN(Cc2nc3c(s2)CCCC3)CC[C@H]1Nc1ncccn1. The van der Waals surface area contributed by atoms with Gasteiger partial charge < -0.3 is 10.4 Å². The highest BCUT2D eigenvalue weighted by molar-refractivity contribution is 7.11. The molecule has 0 spiro atoms. The van der Waals surface area contributed by atoms with Crippen LogP contribution in [0.4, 0.5) is 5.95 Å². The van der Waals surface area contributed by atoms with Crippen LogP contribution in [0.25, 0.3) is 0 Å². The van der Waals surface area contributed by atoms with Gasteiger partial charge in [0.15, 0.2) is 0 Å². The number of likely N-dealkylation sites (tertiary alicyclic amines) is 1. The Hall–Kier alpha value is -1.57. The lowest BCUT2D eigenvalue weighted by atomic mass is 10.0. The molecule has 4 rings (SSSR count). The monoisotopic (exact) mass is 345 g/mol. The average molecular weight is 345 g/mol. The summed E-state index contributed by atoms with van der Waals surface area (Å²) in [4.78, 5) is 17.0. The molecule has 1 fully saturated rings. The van der Waals surface area contributed by atoms with Crippen LogP contribution in [-0.2, 0) is 19.4 Å². The molecule has 7 heteroatoms. The lowest BCUT2D eigenvalue weighted by Gasteiger charge is -2.35. The molecule has 24 heavy (non-hydrogen) atoms. The van der Waals surface area contributed by atoms with E-state index in [1.807, 2.05) is 11.3 Å². The number of hydrogen-bond acceptors (Lipinski definition) is 7. The predicted octanol–water partition coefficient (Wildman–Crippen LogP) is 1.86. The van der Waals surface area contributed by atoms with E-state index >= 15 is 0 Å². The maximum absolute atomic E-state index is 10.5. The van der Waals surface area contributed by atoms with Gasteiger partial charge in [0, 0.05) is 30.4 Å². The highest BCUT2D eigenvalue weighted by Gasteiger charge is 2.29. The summed E-state index contributed by atoms with van der Waals surface area (Å²) in [5.41, 5.74) is 1.32. The summed E-state index contributed by atoms with van der Waals surface area (Å²) in [6, 6.07) is 1.80. The number of hydrogen-bond donors (Lipinski definition) is 2. The van der Waals surface area contributed by atoms with Crippen LogP contribution < -0.4 is 5.32 Å². The Labute approximate surface area is 146 Å². The largest absolute Gasteiger partial charge is 0.390 e. The fourth-order valence-electron chi connectivity index (χ4n) is 3.51. The molecule has 1 saturated heterocycles. The van der Waals surface area contributed by atoms with Gasteiger partial charge in [-0.1, -0.05) is 0 Å². The number of aliphatic hydroxyl groups excluding tert-OH is 1. The van der Waals surface area contributed by atoms with Gasteiger partial charge in [0.1, 0.15) is 5.01 Å². The number of piperidine rings is 1.